The number of carbonyl (C=O) groups excluding carboxylic acids is 2. The minimum Gasteiger partial charge on any atom is -0.418 e. The van der Waals surface area contributed by atoms with E-state index in [1.807, 2.05) is 84.9 Å². The lowest BCUT2D eigenvalue weighted by Crippen LogP contribution is -2.52. The number of rotatable bonds is 10. The Bertz CT molecular complexity index is 2580. The number of fused-ring (bicyclic) bond motifs is 2. The monoisotopic (exact) mass is 758 g/mol. The third kappa shape index (κ3) is 9.21. The van der Waals surface area contributed by atoms with E-state index in [0.29, 0.717) is 34.4 Å². The summed E-state index contributed by atoms with van der Waals surface area (Å²) in [5.74, 6) is -0.360. The summed E-state index contributed by atoms with van der Waals surface area (Å²) in [7, 11) is 0. The zero-order valence-corrected chi connectivity index (χ0v) is 30.9. The van der Waals surface area contributed by atoms with E-state index in [0.717, 1.165) is 32.8 Å². The first kappa shape index (κ1) is 39.1. The van der Waals surface area contributed by atoms with Gasteiger partial charge in [0.1, 0.15) is 12.1 Å². The van der Waals surface area contributed by atoms with Gasteiger partial charge in [-0.2, -0.15) is 0 Å². The molecule has 0 spiro atoms. The first-order chi connectivity index (χ1) is 27.7. The molecule has 6 aromatic carbocycles. The molecular formula is C44H38N8O5. The predicted molar refractivity (Wildman–Crippen MR) is 219 cm³/mol. The van der Waals surface area contributed by atoms with Gasteiger partial charge in [-0.3, -0.25) is 20.4 Å². The highest BCUT2D eigenvalue weighted by molar-refractivity contribution is 6.04. The molecule has 7 aromatic rings. The third-order valence-electron chi connectivity index (χ3n) is 8.97. The van der Waals surface area contributed by atoms with Gasteiger partial charge in [0, 0.05) is 22.5 Å². The van der Waals surface area contributed by atoms with Crippen LogP contribution in [0.3, 0.4) is 0 Å². The number of amides is 2. The van der Waals surface area contributed by atoms with Crippen molar-refractivity contribution in [3.05, 3.63) is 168 Å². The van der Waals surface area contributed by atoms with Crippen LogP contribution in [0, 0.1) is 13.1 Å². The maximum atomic E-state index is 12.6. The van der Waals surface area contributed by atoms with E-state index >= 15 is 0 Å². The molecule has 284 valence electrons. The van der Waals surface area contributed by atoms with Gasteiger partial charge in [-0.15, -0.1) is 10.2 Å². The number of carbonyl (C=O) groups is 2. The number of nitrogens with one attached hydrogen (secondary N) is 4. The summed E-state index contributed by atoms with van der Waals surface area (Å²) < 4.78 is 5.83. The Morgan fingerprint density at radius 1 is 0.614 bits per heavy atom. The van der Waals surface area contributed by atoms with Crippen molar-refractivity contribution in [2.45, 2.75) is 38.1 Å². The Morgan fingerprint density at radius 3 is 1.65 bits per heavy atom. The number of aliphatic hydroxyl groups is 2. The van der Waals surface area contributed by atoms with Crippen molar-refractivity contribution in [2.75, 3.05) is 10.6 Å². The van der Waals surface area contributed by atoms with E-state index in [-0.39, 0.29) is 0 Å². The number of hydrazine groups is 1. The van der Waals surface area contributed by atoms with Crippen molar-refractivity contribution in [2.24, 2.45) is 0 Å². The molecule has 7 rings (SSSR count). The average molecular weight is 759 g/mol. The van der Waals surface area contributed by atoms with Crippen LogP contribution in [-0.4, -0.2) is 50.5 Å². The van der Waals surface area contributed by atoms with Crippen LogP contribution in [0.15, 0.2) is 138 Å². The largest absolute Gasteiger partial charge is 0.418 e. The van der Waals surface area contributed by atoms with Gasteiger partial charge in [-0.25, -0.2) is 9.69 Å². The summed E-state index contributed by atoms with van der Waals surface area (Å²) in [5.41, 5.74) is 8.37. The summed E-state index contributed by atoms with van der Waals surface area (Å²) in [6.45, 7) is 17.8. The minimum atomic E-state index is -1.04. The van der Waals surface area contributed by atoms with Crippen LogP contribution in [0.25, 0.3) is 42.7 Å². The number of nitrogens with zero attached hydrogens (tertiary/aromatic N) is 4. The molecule has 4 atom stereocenters. The summed E-state index contributed by atoms with van der Waals surface area (Å²) in [5, 5.41) is 38.3. The Kier molecular flexibility index (Phi) is 12.5. The molecule has 0 fully saturated rings. The second-order valence-corrected chi connectivity index (χ2v) is 12.9. The quantitative estimate of drug-likeness (QED) is 0.0598. The number of hydrogen-bond acceptors (Lipinski definition) is 9. The van der Waals surface area contributed by atoms with E-state index in [1.165, 1.54) is 6.92 Å². The Balaban J connectivity index is 0.000000193. The Labute approximate surface area is 328 Å². The summed E-state index contributed by atoms with van der Waals surface area (Å²) in [4.78, 5) is 31.8. The highest BCUT2D eigenvalue weighted by Crippen LogP contribution is 2.35. The molecule has 0 aliphatic rings. The molecule has 1 heterocycles. The van der Waals surface area contributed by atoms with Crippen molar-refractivity contribution in [3.63, 3.8) is 0 Å². The van der Waals surface area contributed by atoms with Crippen LogP contribution in [-0.2, 0) is 4.79 Å². The van der Waals surface area contributed by atoms with Crippen molar-refractivity contribution >= 4 is 56.1 Å². The van der Waals surface area contributed by atoms with Crippen LogP contribution < -0.4 is 21.5 Å². The number of benzene rings is 6. The maximum absolute atomic E-state index is 12.6. The SMILES string of the molecule is [C-]#[N+]c1ccc(N[C@@H](C(=O)NNC(=O)c2ccccc2)[C@@H](C)O)c2ccccc12.[C-]#[N+]c1ccc(N[C@@H](c2nnc(-c3ccccc3)o2)[C@@H](C)O)c2ccccc12. The van der Waals surface area contributed by atoms with Crippen LogP contribution in [0.5, 0.6) is 0 Å². The molecule has 13 heteroatoms. The molecule has 0 saturated carbocycles. The van der Waals surface area contributed by atoms with E-state index in [2.05, 4.69) is 41.4 Å². The number of aliphatic hydroxyl groups excluding tert-OH is 2. The van der Waals surface area contributed by atoms with Gasteiger partial charge in [-0.05, 0) is 71.8 Å². The lowest BCUT2D eigenvalue weighted by molar-refractivity contribution is -0.124. The fraction of sp³-hybridized carbons (Fsp3) is 0.136. The van der Waals surface area contributed by atoms with Crippen LogP contribution in [0.2, 0.25) is 0 Å². The first-order valence-corrected chi connectivity index (χ1v) is 17.9. The molecule has 0 unspecified atom stereocenters. The Morgan fingerprint density at radius 2 is 1.12 bits per heavy atom. The first-order valence-electron chi connectivity index (χ1n) is 17.9. The van der Waals surface area contributed by atoms with E-state index in [4.69, 9.17) is 17.6 Å². The summed E-state index contributed by atoms with van der Waals surface area (Å²) in [6.07, 6.45) is -1.81. The van der Waals surface area contributed by atoms with Gasteiger partial charge in [0.25, 0.3) is 11.8 Å². The third-order valence-corrected chi connectivity index (χ3v) is 8.97. The number of anilines is 2. The van der Waals surface area contributed by atoms with Gasteiger partial charge in [0.05, 0.1) is 25.4 Å². The zero-order chi connectivity index (χ0) is 40.3. The maximum Gasteiger partial charge on any atom is 0.269 e. The summed E-state index contributed by atoms with van der Waals surface area (Å²) >= 11 is 0. The van der Waals surface area contributed by atoms with Gasteiger partial charge in [0.2, 0.25) is 11.8 Å². The topological polar surface area (TPSA) is 170 Å². The van der Waals surface area contributed by atoms with Crippen LogP contribution in [0.4, 0.5) is 22.7 Å². The fourth-order valence-corrected chi connectivity index (χ4v) is 6.06. The highest BCUT2D eigenvalue weighted by Gasteiger charge is 2.26. The highest BCUT2D eigenvalue weighted by atomic mass is 16.4. The molecular weight excluding hydrogens is 721 g/mol. The average Bonchev–Trinajstić information content (AvgIpc) is 3.74. The second kappa shape index (κ2) is 18.2. The lowest BCUT2D eigenvalue weighted by atomic mass is 10.1. The lowest BCUT2D eigenvalue weighted by Gasteiger charge is -2.23. The van der Waals surface area contributed by atoms with E-state index < -0.39 is 36.1 Å². The molecule has 0 saturated heterocycles. The van der Waals surface area contributed by atoms with E-state index in [1.54, 1.807) is 55.5 Å². The smallest absolute Gasteiger partial charge is 0.269 e. The van der Waals surface area contributed by atoms with E-state index in [9.17, 15) is 19.8 Å². The zero-order valence-electron chi connectivity index (χ0n) is 30.9. The van der Waals surface area contributed by atoms with Crippen LogP contribution in [0.1, 0.15) is 36.1 Å². The summed E-state index contributed by atoms with van der Waals surface area (Å²) in [6, 6.07) is 38.3. The molecule has 0 aliphatic heterocycles. The van der Waals surface area contributed by atoms with Crippen molar-refractivity contribution in [1.82, 2.24) is 21.0 Å². The van der Waals surface area contributed by atoms with Gasteiger partial charge in [0.15, 0.2) is 11.4 Å². The van der Waals surface area contributed by atoms with Crippen molar-refractivity contribution < 1.29 is 24.2 Å². The molecule has 0 bridgehead atoms. The molecule has 6 N–H and O–H groups in total. The molecule has 13 nitrogen and oxygen atoms in total. The Hall–Kier alpha value is -7.58. The number of hydrogen-bond donors (Lipinski definition) is 6. The molecule has 1 aromatic heterocycles. The standard InChI is InChI=1S/C22H20N4O3.C22H18N4O2/c1-14(27)20(22(29)26-25-21(28)15-8-4-3-5-9-15)24-19-13-12-18(23-2)16-10-6-7-11-17(16)19;1-14(27)20(22-26-25-21(28-22)15-8-4-3-5-9-15)24-19-13-12-18(23-2)16-10-6-7-11-17(16)19/h3-14,20,24,27H,1H3,(H,25,28)(H,26,29);3-14,20,24,27H,1H3/t2*14-,20-/m11/s1. The van der Waals surface area contributed by atoms with Crippen LogP contribution >= 0.6 is 0 Å². The van der Waals surface area contributed by atoms with Gasteiger partial charge >= 0.3 is 0 Å². The van der Waals surface area contributed by atoms with Gasteiger partial charge in [-0.1, -0.05) is 97.1 Å². The molecule has 0 aliphatic carbocycles. The predicted octanol–water partition coefficient (Wildman–Crippen LogP) is 7.99. The fourth-order valence-electron chi connectivity index (χ4n) is 6.06. The molecule has 57 heavy (non-hydrogen) atoms. The number of aromatic nitrogens is 2. The normalized spacial score (nSPS) is 12.7. The van der Waals surface area contributed by atoms with Crippen molar-refractivity contribution in [3.8, 4) is 11.5 Å². The molecule has 0 radical (unpaired) electrons. The van der Waals surface area contributed by atoms with Crippen molar-refractivity contribution in [1.29, 1.82) is 0 Å². The molecule has 2 amide bonds. The van der Waals surface area contributed by atoms with Gasteiger partial charge < -0.3 is 25.3 Å². The minimum absolute atomic E-state index is 0.298. The second-order valence-electron chi connectivity index (χ2n) is 12.9.